The molecular weight excluding hydrogens is 226 g/mol. The quantitative estimate of drug-likeness (QED) is 0.867. The van der Waals surface area contributed by atoms with Crippen LogP contribution in [0.25, 0.3) is 0 Å². The summed E-state index contributed by atoms with van der Waals surface area (Å²) in [5.41, 5.74) is 0.301. The van der Waals surface area contributed by atoms with Gasteiger partial charge in [-0.15, -0.1) is 0 Å². The van der Waals surface area contributed by atoms with Crippen molar-refractivity contribution in [3.63, 3.8) is 0 Å². The molecule has 0 saturated carbocycles. The molecular formula is C11H8ClN3O. The number of carbonyl (C=O) groups excluding carboxylic acids is 1. The lowest BCUT2D eigenvalue weighted by Gasteiger charge is -2.02. The van der Waals surface area contributed by atoms with Crippen LogP contribution in [0.5, 0.6) is 0 Å². The Labute approximate surface area is 97.3 Å². The molecule has 0 fully saturated rings. The zero-order valence-electron chi connectivity index (χ0n) is 8.22. The summed E-state index contributed by atoms with van der Waals surface area (Å²) in [4.78, 5) is 19.5. The van der Waals surface area contributed by atoms with Crippen LogP contribution in [0.15, 0.2) is 42.7 Å². The predicted molar refractivity (Wildman–Crippen MR) is 61.4 cm³/mol. The van der Waals surface area contributed by atoms with Crippen molar-refractivity contribution in [2.75, 3.05) is 5.32 Å². The molecule has 0 aliphatic heterocycles. The lowest BCUT2D eigenvalue weighted by molar-refractivity contribution is 0.102. The van der Waals surface area contributed by atoms with Gasteiger partial charge in [-0.1, -0.05) is 17.7 Å². The first kappa shape index (κ1) is 10.6. The Morgan fingerprint density at radius 3 is 2.69 bits per heavy atom. The van der Waals surface area contributed by atoms with Gasteiger partial charge in [-0.25, -0.2) is 9.97 Å². The summed E-state index contributed by atoms with van der Waals surface area (Å²) in [5.74, 6) is 0.180. The van der Waals surface area contributed by atoms with Crippen molar-refractivity contribution in [1.29, 1.82) is 0 Å². The van der Waals surface area contributed by atoms with Crippen molar-refractivity contribution < 1.29 is 4.79 Å². The minimum Gasteiger partial charge on any atom is -0.305 e. The summed E-state index contributed by atoms with van der Waals surface area (Å²) >= 11 is 5.67. The van der Waals surface area contributed by atoms with E-state index in [0.29, 0.717) is 16.5 Å². The Bertz CT molecular complexity index is 484. The monoisotopic (exact) mass is 233 g/mol. The first-order chi connectivity index (χ1) is 7.75. The van der Waals surface area contributed by atoms with Gasteiger partial charge in [0.25, 0.3) is 5.91 Å². The van der Waals surface area contributed by atoms with E-state index in [1.165, 1.54) is 6.20 Å². The maximum atomic E-state index is 11.7. The van der Waals surface area contributed by atoms with E-state index in [0.717, 1.165) is 0 Å². The molecule has 0 atom stereocenters. The number of hydrogen-bond donors (Lipinski definition) is 1. The molecule has 2 heterocycles. The predicted octanol–water partition coefficient (Wildman–Crippen LogP) is 2.38. The maximum absolute atomic E-state index is 11.7. The minimum atomic E-state index is -0.310. The highest BCUT2D eigenvalue weighted by molar-refractivity contribution is 6.30. The molecule has 2 aromatic heterocycles. The second-order valence-electron chi connectivity index (χ2n) is 3.03. The van der Waals surface area contributed by atoms with Gasteiger partial charge in [-0.05, 0) is 24.3 Å². The van der Waals surface area contributed by atoms with Crippen LogP contribution in [0.3, 0.4) is 0 Å². The molecule has 0 saturated heterocycles. The van der Waals surface area contributed by atoms with Crippen LogP contribution in [-0.4, -0.2) is 15.9 Å². The van der Waals surface area contributed by atoms with Crippen LogP contribution in [-0.2, 0) is 0 Å². The Morgan fingerprint density at radius 1 is 1.19 bits per heavy atom. The van der Waals surface area contributed by atoms with Crippen molar-refractivity contribution in [2.45, 2.75) is 0 Å². The van der Waals surface area contributed by atoms with E-state index in [2.05, 4.69) is 15.3 Å². The highest BCUT2D eigenvalue weighted by Crippen LogP contribution is 2.08. The van der Waals surface area contributed by atoms with Crippen molar-refractivity contribution in [1.82, 2.24) is 9.97 Å². The number of anilines is 1. The molecule has 0 aromatic carbocycles. The van der Waals surface area contributed by atoms with Crippen molar-refractivity contribution in [2.24, 2.45) is 0 Å². The number of pyridine rings is 2. The van der Waals surface area contributed by atoms with E-state index in [4.69, 9.17) is 11.6 Å². The smallest absolute Gasteiger partial charge is 0.275 e. The Balaban J connectivity index is 2.12. The van der Waals surface area contributed by atoms with Gasteiger partial charge in [0.15, 0.2) is 0 Å². The standard InChI is InChI=1S/C11H8ClN3O/c12-8-4-5-9(14-7-8)11(16)15-10-3-1-2-6-13-10/h1-7H,(H,13,15,16). The number of halogens is 1. The van der Waals surface area contributed by atoms with Crippen molar-refractivity contribution >= 4 is 23.3 Å². The zero-order valence-corrected chi connectivity index (χ0v) is 8.98. The fourth-order valence-electron chi connectivity index (χ4n) is 1.13. The average molecular weight is 234 g/mol. The van der Waals surface area contributed by atoms with Crippen LogP contribution in [0.1, 0.15) is 10.5 Å². The summed E-state index contributed by atoms with van der Waals surface area (Å²) in [7, 11) is 0. The van der Waals surface area contributed by atoms with Crippen LogP contribution in [0.2, 0.25) is 5.02 Å². The number of rotatable bonds is 2. The van der Waals surface area contributed by atoms with Crippen LogP contribution >= 0.6 is 11.6 Å². The van der Waals surface area contributed by atoms with E-state index in [1.807, 2.05) is 0 Å². The van der Waals surface area contributed by atoms with Crippen molar-refractivity contribution in [3.05, 3.63) is 53.4 Å². The molecule has 0 spiro atoms. The number of carbonyl (C=O) groups is 1. The molecule has 0 unspecified atom stereocenters. The Kier molecular flexibility index (Phi) is 3.12. The normalized spacial score (nSPS) is 9.81. The summed E-state index contributed by atoms with van der Waals surface area (Å²) in [6, 6.07) is 8.43. The Morgan fingerprint density at radius 2 is 2.06 bits per heavy atom. The number of nitrogens with one attached hydrogen (secondary N) is 1. The summed E-state index contributed by atoms with van der Waals surface area (Å²) < 4.78 is 0. The lowest BCUT2D eigenvalue weighted by atomic mass is 10.3. The fourth-order valence-corrected chi connectivity index (χ4v) is 1.24. The van der Waals surface area contributed by atoms with Crippen LogP contribution in [0.4, 0.5) is 5.82 Å². The van der Waals surface area contributed by atoms with Gasteiger partial charge in [0.2, 0.25) is 0 Å². The third kappa shape index (κ3) is 2.55. The van der Waals surface area contributed by atoms with Gasteiger partial charge in [0.1, 0.15) is 11.5 Å². The topological polar surface area (TPSA) is 54.9 Å². The second kappa shape index (κ2) is 4.72. The molecule has 5 heteroatoms. The molecule has 4 nitrogen and oxygen atoms in total. The molecule has 16 heavy (non-hydrogen) atoms. The van der Waals surface area contributed by atoms with E-state index in [-0.39, 0.29) is 5.91 Å². The molecule has 0 bridgehead atoms. The van der Waals surface area contributed by atoms with E-state index in [1.54, 1.807) is 36.5 Å². The second-order valence-corrected chi connectivity index (χ2v) is 3.47. The highest BCUT2D eigenvalue weighted by Gasteiger charge is 2.07. The lowest BCUT2D eigenvalue weighted by Crippen LogP contribution is -2.14. The molecule has 0 radical (unpaired) electrons. The SMILES string of the molecule is O=C(Nc1ccccn1)c1ccc(Cl)cn1. The molecule has 1 N–H and O–H groups in total. The van der Waals surface area contributed by atoms with E-state index in [9.17, 15) is 4.79 Å². The molecule has 1 amide bonds. The van der Waals surface area contributed by atoms with Crippen molar-refractivity contribution in [3.8, 4) is 0 Å². The summed E-state index contributed by atoms with van der Waals surface area (Å²) in [6.07, 6.45) is 3.03. The molecule has 2 aromatic rings. The first-order valence-electron chi connectivity index (χ1n) is 4.59. The first-order valence-corrected chi connectivity index (χ1v) is 4.97. The summed E-state index contributed by atoms with van der Waals surface area (Å²) in [5, 5.41) is 3.12. The minimum absolute atomic E-state index is 0.301. The van der Waals surface area contributed by atoms with Crippen LogP contribution < -0.4 is 5.32 Å². The fraction of sp³-hybridized carbons (Fsp3) is 0. The molecule has 80 valence electrons. The van der Waals surface area contributed by atoms with Gasteiger partial charge >= 0.3 is 0 Å². The largest absolute Gasteiger partial charge is 0.305 e. The molecule has 2 rings (SSSR count). The number of hydrogen-bond acceptors (Lipinski definition) is 3. The number of aromatic nitrogens is 2. The highest BCUT2D eigenvalue weighted by atomic mass is 35.5. The number of amides is 1. The number of nitrogens with zero attached hydrogens (tertiary/aromatic N) is 2. The van der Waals surface area contributed by atoms with Gasteiger partial charge in [-0.2, -0.15) is 0 Å². The summed E-state index contributed by atoms with van der Waals surface area (Å²) in [6.45, 7) is 0. The van der Waals surface area contributed by atoms with Gasteiger partial charge in [0.05, 0.1) is 5.02 Å². The Hall–Kier alpha value is -1.94. The maximum Gasteiger partial charge on any atom is 0.275 e. The van der Waals surface area contributed by atoms with Gasteiger partial charge in [0, 0.05) is 12.4 Å². The molecule has 0 aliphatic carbocycles. The third-order valence-corrected chi connectivity index (χ3v) is 2.09. The van der Waals surface area contributed by atoms with E-state index >= 15 is 0 Å². The van der Waals surface area contributed by atoms with Gasteiger partial charge in [-0.3, -0.25) is 4.79 Å². The third-order valence-electron chi connectivity index (χ3n) is 1.87. The zero-order chi connectivity index (χ0) is 11.4. The average Bonchev–Trinajstić information content (AvgIpc) is 2.31. The van der Waals surface area contributed by atoms with Crippen LogP contribution in [0, 0.1) is 0 Å². The van der Waals surface area contributed by atoms with E-state index < -0.39 is 0 Å². The molecule has 0 aliphatic rings. The van der Waals surface area contributed by atoms with Gasteiger partial charge < -0.3 is 5.32 Å².